The van der Waals surface area contributed by atoms with Gasteiger partial charge in [0.25, 0.3) is 5.91 Å². The van der Waals surface area contributed by atoms with Crippen molar-refractivity contribution in [2.24, 2.45) is 5.73 Å². The summed E-state index contributed by atoms with van der Waals surface area (Å²) in [5.74, 6) is 0.0964. The van der Waals surface area contributed by atoms with Crippen LogP contribution in [0.5, 0.6) is 0 Å². The maximum Gasteiger partial charge on any atom is 0.258 e. The van der Waals surface area contributed by atoms with E-state index in [0.29, 0.717) is 13.1 Å². The summed E-state index contributed by atoms with van der Waals surface area (Å²) in [6, 6.07) is 6.29. The quantitative estimate of drug-likeness (QED) is 0.741. The lowest BCUT2D eigenvalue weighted by atomic mass is 9.89. The Balaban J connectivity index is 0.000000924. The predicted molar refractivity (Wildman–Crippen MR) is 93.4 cm³/mol. The van der Waals surface area contributed by atoms with Gasteiger partial charge in [0.05, 0.1) is 11.6 Å². The molecular weight excluding hydrogens is 290 g/mol. The highest BCUT2D eigenvalue weighted by molar-refractivity contribution is 6.10. The summed E-state index contributed by atoms with van der Waals surface area (Å²) in [4.78, 5) is 14.7. The summed E-state index contributed by atoms with van der Waals surface area (Å²) >= 11 is 0. The van der Waals surface area contributed by atoms with Gasteiger partial charge in [0.1, 0.15) is 0 Å². The third-order valence-corrected chi connectivity index (χ3v) is 4.24. The van der Waals surface area contributed by atoms with Crippen molar-refractivity contribution in [3.05, 3.63) is 40.6 Å². The SMILES string of the molecule is C=N.CC1=C2C(=O)N(CCCN)c3ccc(C)cc3C2N(C)N1. The molecule has 6 heteroatoms. The average molecular weight is 315 g/mol. The number of hydrogen-bond acceptors (Lipinski definition) is 5. The lowest BCUT2D eigenvalue weighted by Gasteiger charge is -2.36. The molecule has 0 radical (unpaired) electrons. The summed E-state index contributed by atoms with van der Waals surface area (Å²) < 4.78 is 0. The number of aryl methyl sites for hydroxylation is 1. The first kappa shape index (κ1) is 17.2. The van der Waals surface area contributed by atoms with Crippen molar-refractivity contribution in [1.82, 2.24) is 10.4 Å². The van der Waals surface area contributed by atoms with Gasteiger partial charge in [0.2, 0.25) is 0 Å². The number of likely N-dealkylation sites (N-methyl/N-ethyl adjacent to an activating group) is 1. The predicted octanol–water partition coefficient (Wildman–Crippen LogP) is 1.72. The normalized spacial score (nSPS) is 19.7. The second-order valence-electron chi connectivity index (χ2n) is 5.83. The number of allylic oxidation sites excluding steroid dienone is 1. The molecule has 3 rings (SSSR count). The monoisotopic (exact) mass is 315 g/mol. The number of carbonyl (C=O) groups excluding carboxylic acids is 1. The lowest BCUT2D eigenvalue weighted by molar-refractivity contribution is -0.116. The fourth-order valence-electron chi connectivity index (χ4n) is 3.29. The minimum atomic E-state index is 0.00141. The Morgan fingerprint density at radius 1 is 1.35 bits per heavy atom. The van der Waals surface area contributed by atoms with E-state index in [4.69, 9.17) is 11.1 Å². The Hall–Kier alpha value is -2.18. The number of rotatable bonds is 3. The standard InChI is InChI=1S/C16H22N4O.CH3N/c1-10-5-6-13-12(9-10)15-14(11(2)18-19(15)3)16(21)20(13)8-4-7-17;1-2/h5-6,9,15,18H,4,7-8,17H2,1-3H3;2H,1H2. The van der Waals surface area contributed by atoms with E-state index in [1.807, 2.05) is 23.9 Å². The van der Waals surface area contributed by atoms with Crippen molar-refractivity contribution in [2.75, 3.05) is 25.0 Å². The number of anilines is 1. The topological polar surface area (TPSA) is 85.5 Å². The number of benzene rings is 1. The van der Waals surface area contributed by atoms with Gasteiger partial charge in [-0.1, -0.05) is 17.7 Å². The third-order valence-electron chi connectivity index (χ3n) is 4.24. The van der Waals surface area contributed by atoms with Gasteiger partial charge in [-0.15, -0.1) is 0 Å². The molecule has 4 N–H and O–H groups in total. The summed E-state index contributed by atoms with van der Waals surface area (Å²) in [5, 5.41) is 7.51. The van der Waals surface area contributed by atoms with Crippen LogP contribution in [0.3, 0.4) is 0 Å². The summed E-state index contributed by atoms with van der Waals surface area (Å²) in [6.45, 7) is 7.80. The Labute approximate surface area is 137 Å². The van der Waals surface area contributed by atoms with Crippen LogP contribution in [0.15, 0.2) is 29.5 Å². The maximum atomic E-state index is 12.9. The number of hydrazine groups is 1. The molecule has 0 fully saturated rings. The van der Waals surface area contributed by atoms with Gasteiger partial charge in [0, 0.05) is 25.0 Å². The highest BCUT2D eigenvalue weighted by Crippen LogP contribution is 2.44. The zero-order valence-corrected chi connectivity index (χ0v) is 14.0. The molecule has 0 saturated heterocycles. The second kappa shape index (κ2) is 6.93. The van der Waals surface area contributed by atoms with Gasteiger partial charge in [-0.2, -0.15) is 0 Å². The number of amides is 1. The van der Waals surface area contributed by atoms with Gasteiger partial charge >= 0.3 is 0 Å². The van der Waals surface area contributed by atoms with Crippen molar-refractivity contribution >= 4 is 18.3 Å². The Kier molecular flexibility index (Phi) is 5.18. The van der Waals surface area contributed by atoms with Crippen molar-refractivity contribution in [2.45, 2.75) is 26.3 Å². The highest BCUT2D eigenvalue weighted by Gasteiger charge is 2.42. The fraction of sp³-hybridized carbons (Fsp3) is 0.412. The molecule has 2 aliphatic heterocycles. The van der Waals surface area contributed by atoms with Crippen LogP contribution >= 0.6 is 0 Å². The van der Waals surface area contributed by atoms with Crippen LogP contribution in [0, 0.1) is 12.3 Å². The molecule has 1 aromatic carbocycles. The molecule has 2 aliphatic rings. The molecule has 1 unspecified atom stereocenters. The Bertz CT molecular complexity index is 640. The number of nitrogens with one attached hydrogen (secondary N) is 2. The zero-order valence-electron chi connectivity index (χ0n) is 14.0. The van der Waals surface area contributed by atoms with Gasteiger partial charge in [-0.05, 0) is 45.2 Å². The van der Waals surface area contributed by atoms with E-state index in [-0.39, 0.29) is 11.9 Å². The molecular formula is C17H25N5O. The van der Waals surface area contributed by atoms with Gasteiger partial charge in [-0.3, -0.25) is 4.79 Å². The van der Waals surface area contributed by atoms with Crippen molar-refractivity contribution < 1.29 is 4.79 Å². The van der Waals surface area contributed by atoms with Crippen molar-refractivity contribution in [3.8, 4) is 0 Å². The van der Waals surface area contributed by atoms with E-state index in [0.717, 1.165) is 23.4 Å². The summed E-state index contributed by atoms with van der Waals surface area (Å²) in [7, 11) is 1.98. The van der Waals surface area contributed by atoms with Gasteiger partial charge in [0.15, 0.2) is 0 Å². The number of carbonyl (C=O) groups is 1. The molecule has 2 heterocycles. The second-order valence-corrected chi connectivity index (χ2v) is 5.83. The highest BCUT2D eigenvalue weighted by atomic mass is 16.2. The van der Waals surface area contributed by atoms with Crippen LogP contribution in [0.1, 0.15) is 30.5 Å². The molecule has 1 atom stereocenters. The molecule has 1 amide bonds. The average Bonchev–Trinajstić information content (AvgIpc) is 2.84. The van der Waals surface area contributed by atoms with Crippen LogP contribution in [0.4, 0.5) is 5.69 Å². The number of nitrogens with two attached hydrogens (primary N) is 1. The Morgan fingerprint density at radius 2 is 2.04 bits per heavy atom. The van der Waals surface area contributed by atoms with E-state index in [1.54, 1.807) is 0 Å². The summed E-state index contributed by atoms with van der Waals surface area (Å²) in [5.41, 5.74) is 14.1. The van der Waals surface area contributed by atoms with Crippen molar-refractivity contribution in [3.63, 3.8) is 0 Å². The maximum absolute atomic E-state index is 12.9. The minimum Gasteiger partial charge on any atom is -0.330 e. The first-order valence-corrected chi connectivity index (χ1v) is 7.72. The van der Waals surface area contributed by atoms with Crippen LogP contribution in [0.2, 0.25) is 0 Å². The molecule has 23 heavy (non-hydrogen) atoms. The minimum absolute atomic E-state index is 0.00141. The largest absolute Gasteiger partial charge is 0.330 e. The van der Waals surface area contributed by atoms with Crippen molar-refractivity contribution in [1.29, 1.82) is 5.41 Å². The van der Waals surface area contributed by atoms with Crippen LogP contribution in [-0.4, -0.2) is 37.8 Å². The lowest BCUT2D eigenvalue weighted by Crippen LogP contribution is -2.42. The molecule has 1 aromatic rings. The smallest absolute Gasteiger partial charge is 0.258 e. The van der Waals surface area contributed by atoms with E-state index >= 15 is 0 Å². The molecule has 0 aromatic heterocycles. The molecule has 0 spiro atoms. The van der Waals surface area contributed by atoms with Crippen LogP contribution in [-0.2, 0) is 4.79 Å². The van der Waals surface area contributed by atoms with E-state index < -0.39 is 0 Å². The fourth-order valence-corrected chi connectivity index (χ4v) is 3.29. The molecule has 0 bridgehead atoms. The first-order valence-electron chi connectivity index (χ1n) is 7.72. The van der Waals surface area contributed by atoms with E-state index in [2.05, 4.69) is 37.3 Å². The van der Waals surface area contributed by atoms with Gasteiger partial charge in [-0.25, -0.2) is 5.01 Å². The van der Waals surface area contributed by atoms with E-state index in [1.165, 1.54) is 11.1 Å². The molecule has 6 nitrogen and oxygen atoms in total. The molecule has 124 valence electrons. The summed E-state index contributed by atoms with van der Waals surface area (Å²) in [6.07, 6.45) is 0.805. The van der Waals surface area contributed by atoms with Crippen LogP contribution < -0.4 is 16.1 Å². The number of fused-ring (bicyclic) bond motifs is 3. The first-order chi connectivity index (χ1) is 11.0. The van der Waals surface area contributed by atoms with E-state index in [9.17, 15) is 4.79 Å². The van der Waals surface area contributed by atoms with Crippen LogP contribution in [0.25, 0.3) is 0 Å². The number of nitrogens with zero attached hydrogens (tertiary/aromatic N) is 2. The number of hydrogen-bond donors (Lipinski definition) is 3. The van der Waals surface area contributed by atoms with Gasteiger partial charge < -0.3 is 21.5 Å². The molecule has 0 saturated carbocycles. The third kappa shape index (κ3) is 2.87. The zero-order chi connectivity index (χ0) is 17.1. The molecule has 0 aliphatic carbocycles. The Morgan fingerprint density at radius 3 is 2.70 bits per heavy atom.